The zero-order valence-electron chi connectivity index (χ0n) is 9.82. The van der Waals surface area contributed by atoms with Crippen molar-refractivity contribution in [2.24, 2.45) is 0 Å². The van der Waals surface area contributed by atoms with Gasteiger partial charge in [-0.1, -0.05) is 0 Å². The van der Waals surface area contributed by atoms with Crippen LogP contribution in [0.25, 0.3) is 0 Å². The van der Waals surface area contributed by atoms with Crippen molar-refractivity contribution in [3.63, 3.8) is 0 Å². The number of nitro benzene ring substituents is 1. The number of rotatable bonds is 4. The van der Waals surface area contributed by atoms with Gasteiger partial charge in [-0.15, -0.1) is 0 Å². The fourth-order valence-corrected chi connectivity index (χ4v) is 1.77. The summed E-state index contributed by atoms with van der Waals surface area (Å²) in [6.07, 6.45) is 2.55. The molecule has 102 valence electrons. The predicted molar refractivity (Wildman–Crippen MR) is 72.1 cm³/mol. The van der Waals surface area contributed by atoms with Gasteiger partial charge in [0.15, 0.2) is 5.75 Å². The number of carboxylic acids is 1. The minimum absolute atomic E-state index is 0.00111. The lowest BCUT2D eigenvalue weighted by Gasteiger charge is -2.09. The molecule has 8 heteroatoms. The Labute approximate surface area is 121 Å². The standard InChI is InChI=1S/C12H7BrN2O5/c13-9-2-1-7(15(18)19)5-10(9)20-11-6-14-4-3-8(11)12(16)17/h1-6H,(H,16,17). The Balaban J connectivity index is 2.42. The van der Waals surface area contributed by atoms with Crippen molar-refractivity contribution < 1.29 is 19.6 Å². The number of carboxylic acid groups (broad SMARTS) is 1. The van der Waals surface area contributed by atoms with Crippen molar-refractivity contribution >= 4 is 27.6 Å². The summed E-state index contributed by atoms with van der Waals surface area (Å²) in [5.41, 5.74) is -0.248. The highest BCUT2D eigenvalue weighted by molar-refractivity contribution is 9.10. The maximum absolute atomic E-state index is 11.0. The van der Waals surface area contributed by atoms with Gasteiger partial charge < -0.3 is 9.84 Å². The molecule has 2 aromatic rings. The summed E-state index contributed by atoms with van der Waals surface area (Å²) in [7, 11) is 0. The van der Waals surface area contributed by atoms with Crippen LogP contribution in [0, 0.1) is 10.1 Å². The predicted octanol–water partition coefficient (Wildman–Crippen LogP) is 3.24. The lowest BCUT2D eigenvalue weighted by Crippen LogP contribution is -2.00. The number of aromatic nitrogens is 1. The van der Waals surface area contributed by atoms with Crippen LogP contribution in [-0.2, 0) is 0 Å². The molecule has 0 radical (unpaired) electrons. The second-order valence-electron chi connectivity index (χ2n) is 3.65. The minimum atomic E-state index is -1.18. The molecule has 0 bridgehead atoms. The molecule has 0 amide bonds. The number of pyridine rings is 1. The number of nitrogens with zero attached hydrogens (tertiary/aromatic N) is 2. The van der Waals surface area contributed by atoms with E-state index in [-0.39, 0.29) is 22.7 Å². The molecule has 1 N–H and O–H groups in total. The van der Waals surface area contributed by atoms with Gasteiger partial charge in [-0.2, -0.15) is 0 Å². The Morgan fingerprint density at radius 1 is 1.35 bits per heavy atom. The molecule has 0 saturated carbocycles. The van der Waals surface area contributed by atoms with Crippen molar-refractivity contribution in [1.82, 2.24) is 4.98 Å². The number of halogens is 1. The Bertz CT molecular complexity index is 689. The number of hydrogen-bond acceptors (Lipinski definition) is 5. The molecule has 0 aliphatic carbocycles. The van der Waals surface area contributed by atoms with Crippen LogP contribution in [0.1, 0.15) is 10.4 Å². The van der Waals surface area contributed by atoms with E-state index in [1.54, 1.807) is 0 Å². The van der Waals surface area contributed by atoms with Gasteiger partial charge in [-0.3, -0.25) is 15.1 Å². The average molecular weight is 339 g/mol. The third kappa shape index (κ3) is 2.91. The fourth-order valence-electron chi connectivity index (χ4n) is 1.44. The number of ether oxygens (including phenoxy) is 1. The molecule has 7 nitrogen and oxygen atoms in total. The van der Waals surface area contributed by atoms with E-state index in [9.17, 15) is 14.9 Å². The molecule has 0 spiro atoms. The van der Waals surface area contributed by atoms with E-state index < -0.39 is 10.9 Å². The second kappa shape index (κ2) is 5.66. The summed E-state index contributed by atoms with van der Waals surface area (Å²) in [6, 6.07) is 5.23. The summed E-state index contributed by atoms with van der Waals surface area (Å²) in [6.45, 7) is 0. The van der Waals surface area contributed by atoms with E-state index in [1.165, 1.54) is 36.7 Å². The summed E-state index contributed by atoms with van der Waals surface area (Å²) in [5.74, 6) is -1.04. The van der Waals surface area contributed by atoms with Crippen LogP contribution < -0.4 is 4.74 Å². The van der Waals surface area contributed by atoms with Gasteiger partial charge in [0.05, 0.1) is 21.7 Å². The van der Waals surface area contributed by atoms with E-state index in [0.29, 0.717) is 4.47 Å². The fraction of sp³-hybridized carbons (Fsp3) is 0. The zero-order valence-corrected chi connectivity index (χ0v) is 11.4. The molecular formula is C12H7BrN2O5. The van der Waals surface area contributed by atoms with Crippen LogP contribution in [0.4, 0.5) is 5.69 Å². The first-order valence-electron chi connectivity index (χ1n) is 5.28. The summed E-state index contributed by atoms with van der Waals surface area (Å²) in [5, 5.41) is 19.7. The van der Waals surface area contributed by atoms with Crippen LogP contribution >= 0.6 is 15.9 Å². The summed E-state index contributed by atoms with van der Waals surface area (Å²) in [4.78, 5) is 25.0. The van der Waals surface area contributed by atoms with Gasteiger partial charge in [0.25, 0.3) is 5.69 Å². The van der Waals surface area contributed by atoms with Gasteiger partial charge >= 0.3 is 5.97 Å². The number of hydrogen-bond donors (Lipinski definition) is 1. The van der Waals surface area contributed by atoms with Gasteiger partial charge in [0, 0.05) is 12.3 Å². The van der Waals surface area contributed by atoms with Gasteiger partial charge in [0.1, 0.15) is 11.3 Å². The Morgan fingerprint density at radius 3 is 2.75 bits per heavy atom. The van der Waals surface area contributed by atoms with Crippen molar-refractivity contribution in [3.8, 4) is 11.5 Å². The highest BCUT2D eigenvalue weighted by atomic mass is 79.9. The van der Waals surface area contributed by atoms with Gasteiger partial charge in [-0.05, 0) is 28.1 Å². The van der Waals surface area contributed by atoms with E-state index in [0.717, 1.165) is 0 Å². The Morgan fingerprint density at radius 2 is 2.10 bits per heavy atom. The molecule has 0 aliphatic heterocycles. The quantitative estimate of drug-likeness (QED) is 0.678. The topological polar surface area (TPSA) is 103 Å². The van der Waals surface area contributed by atoms with Crippen molar-refractivity contribution in [3.05, 3.63) is 56.8 Å². The largest absolute Gasteiger partial charge is 0.478 e. The lowest BCUT2D eigenvalue weighted by molar-refractivity contribution is -0.384. The normalized spacial score (nSPS) is 10.1. The first-order valence-corrected chi connectivity index (χ1v) is 6.07. The molecule has 0 atom stereocenters. The summed E-state index contributed by atoms with van der Waals surface area (Å²) >= 11 is 3.18. The second-order valence-corrected chi connectivity index (χ2v) is 4.51. The van der Waals surface area contributed by atoms with E-state index in [4.69, 9.17) is 9.84 Å². The average Bonchev–Trinajstić information content (AvgIpc) is 2.41. The van der Waals surface area contributed by atoms with Crippen molar-refractivity contribution in [1.29, 1.82) is 0 Å². The van der Waals surface area contributed by atoms with Crippen LogP contribution in [0.5, 0.6) is 11.5 Å². The molecule has 0 fully saturated rings. The van der Waals surface area contributed by atoms with Crippen LogP contribution in [-0.4, -0.2) is 21.0 Å². The number of nitro groups is 1. The maximum Gasteiger partial charge on any atom is 0.339 e. The first-order chi connectivity index (χ1) is 9.49. The molecular weight excluding hydrogens is 332 g/mol. The third-order valence-corrected chi connectivity index (χ3v) is 3.02. The van der Waals surface area contributed by atoms with Crippen LogP contribution in [0.2, 0.25) is 0 Å². The van der Waals surface area contributed by atoms with Crippen LogP contribution in [0.15, 0.2) is 41.1 Å². The molecule has 0 unspecified atom stereocenters. The minimum Gasteiger partial charge on any atom is -0.478 e. The van der Waals surface area contributed by atoms with Crippen molar-refractivity contribution in [2.75, 3.05) is 0 Å². The lowest BCUT2D eigenvalue weighted by atomic mass is 10.2. The summed E-state index contributed by atoms with van der Waals surface area (Å²) < 4.78 is 5.86. The van der Waals surface area contributed by atoms with Gasteiger partial charge in [-0.25, -0.2) is 4.79 Å². The molecule has 1 heterocycles. The monoisotopic (exact) mass is 338 g/mol. The van der Waals surface area contributed by atoms with Gasteiger partial charge in [0.2, 0.25) is 0 Å². The van der Waals surface area contributed by atoms with Crippen molar-refractivity contribution in [2.45, 2.75) is 0 Å². The SMILES string of the molecule is O=C(O)c1ccncc1Oc1cc([N+](=O)[O-])ccc1Br. The Kier molecular flexibility index (Phi) is 3.94. The number of carbonyl (C=O) groups is 1. The highest BCUT2D eigenvalue weighted by Crippen LogP contribution is 2.33. The molecule has 0 saturated heterocycles. The van der Waals surface area contributed by atoms with E-state index in [2.05, 4.69) is 20.9 Å². The molecule has 0 aliphatic rings. The van der Waals surface area contributed by atoms with E-state index in [1.807, 2.05) is 0 Å². The molecule has 1 aromatic heterocycles. The highest BCUT2D eigenvalue weighted by Gasteiger charge is 2.15. The molecule has 2 rings (SSSR count). The number of aromatic carboxylic acids is 1. The zero-order chi connectivity index (χ0) is 14.7. The Hall–Kier alpha value is -2.48. The first kappa shape index (κ1) is 13.9. The smallest absolute Gasteiger partial charge is 0.339 e. The molecule has 20 heavy (non-hydrogen) atoms. The number of benzene rings is 1. The third-order valence-electron chi connectivity index (χ3n) is 2.36. The van der Waals surface area contributed by atoms with Crippen LogP contribution in [0.3, 0.4) is 0 Å². The molecule has 1 aromatic carbocycles. The maximum atomic E-state index is 11.0. The van der Waals surface area contributed by atoms with E-state index >= 15 is 0 Å². The number of non-ortho nitro benzene ring substituents is 1.